The van der Waals surface area contributed by atoms with Gasteiger partial charge < -0.3 is 4.74 Å². The molecule has 4 rings (SSSR count). The van der Waals surface area contributed by atoms with Gasteiger partial charge in [-0.15, -0.1) is 9.89 Å². The second kappa shape index (κ2) is 7.31. The molecule has 0 aliphatic carbocycles. The minimum Gasteiger partial charge on any atom is -0.496 e. The third-order valence-electron chi connectivity index (χ3n) is 4.30. The first kappa shape index (κ1) is 17.4. The molecule has 0 atom stereocenters. The van der Waals surface area contributed by atoms with Crippen LogP contribution in [0.5, 0.6) is 5.75 Å². The summed E-state index contributed by atoms with van der Waals surface area (Å²) in [5.41, 5.74) is 4.98. The number of rotatable bonds is 6. The maximum Gasteiger partial charge on any atom is 0.261 e. The molecule has 0 fully saturated rings. The van der Waals surface area contributed by atoms with Crippen molar-refractivity contribution >= 4 is 18.0 Å². The van der Waals surface area contributed by atoms with Crippen LogP contribution in [-0.2, 0) is 6.54 Å². The summed E-state index contributed by atoms with van der Waals surface area (Å²) in [5.74, 6) is -0.0397. The Bertz CT molecular complexity index is 1030. The van der Waals surface area contributed by atoms with Crippen LogP contribution in [0.4, 0.5) is 0 Å². The normalized spacial score (nSPS) is 13.2. The van der Waals surface area contributed by atoms with Gasteiger partial charge in [-0.05, 0) is 35.9 Å². The van der Waals surface area contributed by atoms with Crippen LogP contribution in [0.1, 0.15) is 31.8 Å². The number of imide groups is 1. The molecule has 9 heteroatoms. The average Bonchev–Trinajstić information content (AvgIpc) is 3.32. The van der Waals surface area contributed by atoms with Gasteiger partial charge >= 0.3 is 0 Å². The van der Waals surface area contributed by atoms with Gasteiger partial charge in [0.1, 0.15) is 18.4 Å². The monoisotopic (exact) mass is 376 g/mol. The highest BCUT2D eigenvalue weighted by atomic mass is 16.5. The molecule has 1 aromatic heterocycles. The summed E-state index contributed by atoms with van der Waals surface area (Å²) in [4.78, 5) is 31.6. The fraction of sp³-hybridized carbons (Fsp3) is 0.105. The van der Waals surface area contributed by atoms with Gasteiger partial charge in [0.15, 0.2) is 0 Å². The van der Waals surface area contributed by atoms with Crippen LogP contribution in [0.2, 0.25) is 0 Å². The third-order valence-corrected chi connectivity index (χ3v) is 4.30. The molecule has 1 aliphatic rings. The molecule has 0 saturated heterocycles. The highest BCUT2D eigenvalue weighted by Gasteiger charge is 2.35. The van der Waals surface area contributed by atoms with Gasteiger partial charge in [0.05, 0.1) is 31.0 Å². The van der Waals surface area contributed by atoms with Crippen LogP contribution in [0.3, 0.4) is 0 Å². The molecule has 140 valence electrons. The largest absolute Gasteiger partial charge is 0.496 e. The van der Waals surface area contributed by atoms with Crippen LogP contribution in [0.25, 0.3) is 0 Å². The first-order valence-corrected chi connectivity index (χ1v) is 8.43. The van der Waals surface area contributed by atoms with Gasteiger partial charge in [-0.3, -0.25) is 14.5 Å². The number of carbonyl (C=O) groups excluding carboxylic acids is 2. The van der Waals surface area contributed by atoms with E-state index in [2.05, 4.69) is 20.7 Å². The van der Waals surface area contributed by atoms with E-state index in [1.807, 2.05) is 12.1 Å². The molecular formula is C19H16N6O3. The highest BCUT2D eigenvalue weighted by Crippen LogP contribution is 2.27. The topological polar surface area (TPSA) is 102 Å². The quantitative estimate of drug-likeness (QED) is 0.399. The summed E-state index contributed by atoms with van der Waals surface area (Å²) in [6.45, 7) is 0.105. The Hall–Kier alpha value is -4.01. The van der Waals surface area contributed by atoms with Crippen molar-refractivity contribution in [2.24, 2.45) is 5.10 Å². The molecule has 0 spiro atoms. The summed E-state index contributed by atoms with van der Waals surface area (Å²) in [6, 6.07) is 12.2. The number of hydrogen-bond acceptors (Lipinski definition) is 7. The maximum atomic E-state index is 12.6. The molecule has 3 aromatic rings. The summed E-state index contributed by atoms with van der Waals surface area (Å²) in [7, 11) is 1.54. The fourth-order valence-electron chi connectivity index (χ4n) is 2.98. The Labute approximate surface area is 160 Å². The predicted octanol–water partition coefficient (Wildman–Crippen LogP) is 1.66. The molecule has 9 nitrogen and oxygen atoms in total. The van der Waals surface area contributed by atoms with Gasteiger partial charge in [0.25, 0.3) is 11.8 Å². The van der Waals surface area contributed by atoms with Gasteiger partial charge in [0.2, 0.25) is 0 Å². The average molecular weight is 376 g/mol. The minimum absolute atomic E-state index is 0.105. The van der Waals surface area contributed by atoms with Crippen molar-refractivity contribution in [3.63, 3.8) is 0 Å². The highest BCUT2D eigenvalue weighted by molar-refractivity contribution is 6.21. The van der Waals surface area contributed by atoms with Crippen molar-refractivity contribution in [1.82, 2.24) is 19.8 Å². The predicted molar refractivity (Wildman–Crippen MR) is 101 cm³/mol. The molecule has 2 aromatic carbocycles. The lowest BCUT2D eigenvalue weighted by atomic mass is 10.1. The number of methoxy groups -OCH3 is 1. The van der Waals surface area contributed by atoms with E-state index in [9.17, 15) is 9.59 Å². The van der Waals surface area contributed by atoms with Crippen molar-refractivity contribution in [3.05, 3.63) is 77.4 Å². The first-order chi connectivity index (χ1) is 13.7. The summed E-state index contributed by atoms with van der Waals surface area (Å²) in [5, 5.41) is 7.95. The number of aromatic nitrogens is 3. The van der Waals surface area contributed by atoms with Crippen LogP contribution >= 0.6 is 0 Å². The van der Waals surface area contributed by atoms with Crippen LogP contribution in [0.15, 0.2) is 60.2 Å². The Morgan fingerprint density at radius 1 is 1.14 bits per heavy atom. The number of nitrogens with one attached hydrogen (secondary N) is 1. The van der Waals surface area contributed by atoms with Crippen LogP contribution < -0.4 is 10.3 Å². The summed E-state index contributed by atoms with van der Waals surface area (Å²) < 4.78 is 5.39. The zero-order valence-corrected chi connectivity index (χ0v) is 14.9. The van der Waals surface area contributed by atoms with E-state index in [1.54, 1.807) is 43.7 Å². The van der Waals surface area contributed by atoms with E-state index in [-0.39, 0.29) is 18.4 Å². The van der Waals surface area contributed by atoms with Crippen molar-refractivity contribution in [1.29, 1.82) is 0 Å². The number of benzene rings is 2. The van der Waals surface area contributed by atoms with E-state index < -0.39 is 0 Å². The van der Waals surface area contributed by atoms with Crippen molar-refractivity contribution < 1.29 is 14.3 Å². The van der Waals surface area contributed by atoms with E-state index in [4.69, 9.17) is 4.74 Å². The molecule has 0 saturated carbocycles. The number of ether oxygens (including phenoxy) is 1. The van der Waals surface area contributed by atoms with E-state index >= 15 is 0 Å². The Balaban J connectivity index is 1.56. The zero-order chi connectivity index (χ0) is 19.5. The molecular weight excluding hydrogens is 360 g/mol. The second-order valence-corrected chi connectivity index (χ2v) is 6.01. The molecule has 1 N–H and O–H groups in total. The van der Waals surface area contributed by atoms with Crippen LogP contribution in [0, 0.1) is 0 Å². The lowest BCUT2D eigenvalue weighted by Crippen LogP contribution is -2.29. The number of carbonyl (C=O) groups is 2. The molecule has 0 bridgehead atoms. The van der Waals surface area contributed by atoms with Crippen LogP contribution in [-0.4, -0.2) is 44.9 Å². The third kappa shape index (κ3) is 3.20. The molecule has 0 unspecified atom stereocenters. The summed E-state index contributed by atoms with van der Waals surface area (Å²) in [6.07, 6.45) is 4.45. The Morgan fingerprint density at radius 2 is 1.89 bits per heavy atom. The first-order valence-electron chi connectivity index (χ1n) is 8.43. The van der Waals surface area contributed by atoms with E-state index in [1.165, 1.54) is 22.3 Å². The van der Waals surface area contributed by atoms with Gasteiger partial charge in [-0.1, -0.05) is 12.1 Å². The number of fused-ring (bicyclic) bond motifs is 1. The number of nitrogens with zero attached hydrogens (tertiary/aromatic N) is 5. The number of amides is 2. The van der Waals surface area contributed by atoms with Gasteiger partial charge in [0, 0.05) is 5.56 Å². The molecule has 28 heavy (non-hydrogen) atoms. The van der Waals surface area contributed by atoms with Gasteiger partial charge in [-0.25, -0.2) is 4.98 Å². The lowest BCUT2D eigenvalue weighted by molar-refractivity contribution is 0.0641. The van der Waals surface area contributed by atoms with Gasteiger partial charge in [-0.2, -0.15) is 10.6 Å². The standard InChI is InChI=1S/C19H16N6O3/c1-28-17-7-6-13(9-21-23-25-12-20-11-22-25)8-14(17)10-24-18(26)15-4-2-3-5-16(15)19(24)27/h2-9,11-12,23H,10H2,1H3. The molecule has 0 radical (unpaired) electrons. The SMILES string of the molecule is COc1ccc(C=NNn2cncn2)cc1CN1C(=O)c2ccccc2C1=O. The summed E-state index contributed by atoms with van der Waals surface area (Å²) >= 11 is 0. The minimum atomic E-state index is -0.311. The Morgan fingerprint density at radius 3 is 2.54 bits per heavy atom. The Kier molecular flexibility index (Phi) is 4.55. The van der Waals surface area contributed by atoms with Crippen molar-refractivity contribution in [2.45, 2.75) is 6.54 Å². The lowest BCUT2D eigenvalue weighted by Gasteiger charge is -2.16. The van der Waals surface area contributed by atoms with E-state index in [0.717, 1.165) is 5.56 Å². The van der Waals surface area contributed by atoms with Crippen molar-refractivity contribution in [3.8, 4) is 5.75 Å². The smallest absolute Gasteiger partial charge is 0.261 e. The number of hydrogen-bond donors (Lipinski definition) is 1. The molecule has 2 amide bonds. The molecule has 2 heterocycles. The molecule has 1 aliphatic heterocycles. The zero-order valence-electron chi connectivity index (χ0n) is 14.9. The second-order valence-electron chi connectivity index (χ2n) is 6.01. The number of hydrazone groups is 1. The fourth-order valence-corrected chi connectivity index (χ4v) is 2.98. The van der Waals surface area contributed by atoms with E-state index in [0.29, 0.717) is 22.4 Å². The maximum absolute atomic E-state index is 12.6. The van der Waals surface area contributed by atoms with Crippen molar-refractivity contribution in [2.75, 3.05) is 12.6 Å².